The fraction of sp³-hybridized carbons (Fsp3) is 0.500. The molecule has 1 saturated heterocycles. The van der Waals surface area contributed by atoms with Gasteiger partial charge >= 0.3 is 0 Å². The third kappa shape index (κ3) is 0.878. The molecule has 1 N–H and O–H groups in total. The summed E-state index contributed by atoms with van der Waals surface area (Å²) in [6.45, 7) is 0. The quantitative estimate of drug-likeness (QED) is 0.406. The minimum atomic E-state index is -0.0932. The molecule has 60 valence electrons. The van der Waals surface area contributed by atoms with Crippen LogP contribution in [0, 0.1) is 11.8 Å². The Morgan fingerprint density at radius 2 is 1.64 bits per heavy atom. The highest BCUT2D eigenvalue weighted by Gasteiger charge is 2.40. The van der Waals surface area contributed by atoms with Crippen molar-refractivity contribution in [3.05, 3.63) is 12.2 Å². The van der Waals surface area contributed by atoms with Gasteiger partial charge in [0.25, 0.3) is 0 Å². The number of carbonyl (C=O) groups is 2. The van der Waals surface area contributed by atoms with E-state index < -0.39 is 0 Å². The molecule has 0 aromatic carbocycles. The van der Waals surface area contributed by atoms with Crippen LogP contribution in [0.25, 0.3) is 0 Å². The molecule has 3 heteroatoms. The molecule has 0 aromatic rings. The van der Waals surface area contributed by atoms with Gasteiger partial charge in [0.1, 0.15) is 0 Å². The summed E-state index contributed by atoms with van der Waals surface area (Å²) in [5.74, 6) is -0.339. The van der Waals surface area contributed by atoms with E-state index in [1.54, 1.807) is 0 Å². The highest BCUT2D eigenvalue weighted by Crippen LogP contribution is 2.29. The van der Waals surface area contributed by atoms with E-state index in [0.717, 1.165) is 12.8 Å². The lowest BCUT2D eigenvalue weighted by atomic mass is 9.85. The molecule has 0 spiro atoms. The zero-order chi connectivity index (χ0) is 7.84. The highest BCUT2D eigenvalue weighted by molar-refractivity contribution is 6.05. The summed E-state index contributed by atoms with van der Waals surface area (Å²) in [7, 11) is 0. The maximum absolute atomic E-state index is 11.1. The molecule has 0 bridgehead atoms. The van der Waals surface area contributed by atoms with Crippen LogP contribution in [0.15, 0.2) is 12.2 Å². The second-order valence-electron chi connectivity index (χ2n) is 3.01. The van der Waals surface area contributed by atoms with Gasteiger partial charge in [-0.1, -0.05) is 12.2 Å². The van der Waals surface area contributed by atoms with E-state index in [1.807, 2.05) is 12.2 Å². The van der Waals surface area contributed by atoms with Crippen molar-refractivity contribution in [1.29, 1.82) is 0 Å². The van der Waals surface area contributed by atoms with Gasteiger partial charge in [0.2, 0.25) is 11.8 Å². The monoisotopic (exact) mass is 153 g/mol. The molecule has 1 heterocycles. The van der Waals surface area contributed by atoms with Crippen molar-refractivity contribution in [2.45, 2.75) is 12.8 Å². The van der Waals surface area contributed by atoms with E-state index in [2.05, 4.69) is 5.32 Å². The molecule has 3 nitrogen and oxygen atoms in total. The van der Waals surface area contributed by atoms with Crippen molar-refractivity contribution in [2.75, 3.05) is 0 Å². The van der Waals surface area contributed by atoms with Gasteiger partial charge in [-0.2, -0.15) is 0 Å². The Balaban J connectivity index is 0.000000720. The van der Waals surface area contributed by atoms with E-state index in [4.69, 9.17) is 0 Å². The fourth-order valence-corrected chi connectivity index (χ4v) is 1.70. The molecular formula is C8H11NO2. The lowest BCUT2D eigenvalue weighted by Crippen LogP contribution is -2.21. The van der Waals surface area contributed by atoms with E-state index in [0.29, 0.717) is 0 Å². The Bertz CT molecular complexity index is 225. The predicted molar refractivity (Wildman–Crippen MR) is 40.6 cm³/mol. The van der Waals surface area contributed by atoms with Gasteiger partial charge in [0.15, 0.2) is 0 Å². The van der Waals surface area contributed by atoms with Crippen LogP contribution in [0.2, 0.25) is 0 Å². The molecule has 2 unspecified atom stereocenters. The van der Waals surface area contributed by atoms with Crippen LogP contribution in [0.3, 0.4) is 0 Å². The number of nitrogens with one attached hydrogen (secondary N) is 1. The first-order valence-electron chi connectivity index (χ1n) is 3.79. The van der Waals surface area contributed by atoms with Gasteiger partial charge in [-0.15, -0.1) is 0 Å². The second-order valence-corrected chi connectivity index (χ2v) is 3.01. The molecule has 0 radical (unpaired) electrons. The van der Waals surface area contributed by atoms with Crippen molar-refractivity contribution in [3.63, 3.8) is 0 Å². The van der Waals surface area contributed by atoms with Gasteiger partial charge in [0.05, 0.1) is 11.8 Å². The zero-order valence-electron chi connectivity index (χ0n) is 6.04. The van der Waals surface area contributed by atoms with Crippen LogP contribution in [-0.2, 0) is 9.59 Å². The van der Waals surface area contributed by atoms with Gasteiger partial charge in [0, 0.05) is 1.43 Å². The van der Waals surface area contributed by atoms with Crippen molar-refractivity contribution >= 4 is 11.8 Å². The normalized spacial score (nSPS) is 35.3. The first-order chi connectivity index (χ1) is 5.29. The summed E-state index contributed by atoms with van der Waals surface area (Å²) in [4.78, 5) is 22.1. The van der Waals surface area contributed by atoms with E-state index in [9.17, 15) is 9.59 Å². The Kier molecular flexibility index (Phi) is 1.31. The Labute approximate surface area is 66.0 Å². The van der Waals surface area contributed by atoms with E-state index >= 15 is 0 Å². The summed E-state index contributed by atoms with van der Waals surface area (Å²) < 4.78 is 0. The lowest BCUT2D eigenvalue weighted by Gasteiger charge is -2.14. The van der Waals surface area contributed by atoms with Gasteiger partial charge in [-0.3, -0.25) is 14.9 Å². The van der Waals surface area contributed by atoms with Crippen molar-refractivity contribution in [2.24, 2.45) is 11.8 Å². The first kappa shape index (κ1) is 6.58. The molecule has 2 aliphatic rings. The minimum absolute atomic E-state index is 0. The van der Waals surface area contributed by atoms with E-state index in [-0.39, 0.29) is 25.1 Å². The summed E-state index contributed by atoms with van der Waals surface area (Å²) in [6.07, 6.45) is 5.39. The smallest absolute Gasteiger partial charge is 0.230 e. The van der Waals surface area contributed by atoms with Crippen LogP contribution in [0.1, 0.15) is 14.3 Å². The minimum Gasteiger partial charge on any atom is -0.296 e. The molecule has 2 rings (SSSR count). The third-order valence-corrected chi connectivity index (χ3v) is 2.35. The van der Waals surface area contributed by atoms with Crippen LogP contribution >= 0.6 is 0 Å². The standard InChI is InChI=1S/C8H9NO2.H2/c10-7-5-3-1-2-4-6(5)8(11)9-7;/h1-2,5-6H,3-4H2,(H,9,10,11);1H. The fourth-order valence-electron chi connectivity index (χ4n) is 1.70. The summed E-state index contributed by atoms with van der Waals surface area (Å²) >= 11 is 0. The van der Waals surface area contributed by atoms with E-state index in [1.165, 1.54) is 0 Å². The van der Waals surface area contributed by atoms with Crippen LogP contribution in [0.4, 0.5) is 0 Å². The van der Waals surface area contributed by atoms with Crippen molar-refractivity contribution in [1.82, 2.24) is 5.32 Å². The molecular weight excluding hydrogens is 142 g/mol. The first-order valence-corrected chi connectivity index (χ1v) is 3.79. The van der Waals surface area contributed by atoms with Gasteiger partial charge in [-0.25, -0.2) is 0 Å². The SMILES string of the molecule is O=C1NC(=O)C2CC=CCC12.[HH]. The molecule has 1 aliphatic heterocycles. The zero-order valence-corrected chi connectivity index (χ0v) is 6.04. The molecule has 2 atom stereocenters. The van der Waals surface area contributed by atoms with Crippen LogP contribution in [0.5, 0.6) is 0 Å². The Hall–Kier alpha value is -1.12. The average Bonchev–Trinajstić information content (AvgIpc) is 2.30. The predicted octanol–water partition coefficient (Wildman–Crippen LogP) is 0.471. The van der Waals surface area contributed by atoms with Crippen LogP contribution in [-0.4, -0.2) is 11.8 Å². The number of carbonyl (C=O) groups excluding carboxylic acids is 2. The average molecular weight is 153 g/mol. The summed E-state index contributed by atoms with van der Waals surface area (Å²) in [5, 5.41) is 2.34. The number of fused-ring (bicyclic) bond motifs is 1. The number of imide groups is 1. The third-order valence-electron chi connectivity index (χ3n) is 2.35. The molecule has 0 aromatic heterocycles. The van der Waals surface area contributed by atoms with Gasteiger partial charge in [-0.05, 0) is 12.8 Å². The number of hydrogen-bond donors (Lipinski definition) is 1. The highest BCUT2D eigenvalue weighted by atomic mass is 16.2. The summed E-state index contributed by atoms with van der Waals surface area (Å²) in [5.41, 5.74) is 0. The number of hydrogen-bond acceptors (Lipinski definition) is 2. The molecule has 2 amide bonds. The largest absolute Gasteiger partial charge is 0.296 e. The Morgan fingerprint density at radius 1 is 1.18 bits per heavy atom. The summed E-state index contributed by atoms with van der Waals surface area (Å²) in [6, 6.07) is 0. The molecule has 1 aliphatic carbocycles. The van der Waals surface area contributed by atoms with Gasteiger partial charge < -0.3 is 0 Å². The second kappa shape index (κ2) is 2.19. The van der Waals surface area contributed by atoms with Crippen molar-refractivity contribution < 1.29 is 11.0 Å². The lowest BCUT2D eigenvalue weighted by molar-refractivity contribution is -0.126. The number of rotatable bonds is 0. The topological polar surface area (TPSA) is 46.2 Å². The molecule has 1 fully saturated rings. The molecule has 0 saturated carbocycles. The van der Waals surface area contributed by atoms with Crippen molar-refractivity contribution in [3.8, 4) is 0 Å². The Morgan fingerprint density at radius 3 is 2.09 bits per heavy atom. The maximum atomic E-state index is 11.1. The maximum Gasteiger partial charge on any atom is 0.230 e. The molecule has 11 heavy (non-hydrogen) atoms. The van der Waals surface area contributed by atoms with Crippen LogP contribution < -0.4 is 5.32 Å². The number of allylic oxidation sites excluding steroid dienone is 2. The number of amides is 2.